The van der Waals surface area contributed by atoms with Crippen molar-refractivity contribution in [2.24, 2.45) is 5.92 Å². The highest BCUT2D eigenvalue weighted by molar-refractivity contribution is 5.59. The van der Waals surface area contributed by atoms with Crippen LogP contribution in [0.1, 0.15) is 49.5 Å². The molecule has 0 heterocycles. The third-order valence-electron chi connectivity index (χ3n) is 4.35. The molecular formula is C15H19NO2. The van der Waals surface area contributed by atoms with Gasteiger partial charge >= 0.3 is 0 Å². The number of hydrogen-bond acceptors (Lipinski definition) is 3. The Morgan fingerprint density at radius 3 is 2.78 bits per heavy atom. The minimum atomic E-state index is -0.637. The van der Waals surface area contributed by atoms with Gasteiger partial charge in [0, 0.05) is 11.3 Å². The lowest BCUT2D eigenvalue weighted by atomic mass is 9.71. The number of aliphatic hydroxyl groups excluding tert-OH is 2. The summed E-state index contributed by atoms with van der Waals surface area (Å²) in [6, 6.07) is 5.49. The van der Waals surface area contributed by atoms with Gasteiger partial charge in [-0.25, -0.2) is 0 Å². The SMILES string of the molecule is C[C@@H]1CCCC2=C1[C@H](O)c1cccc(N)c1[C@@H]2O. The Labute approximate surface area is 107 Å². The van der Waals surface area contributed by atoms with Crippen LogP contribution in [0.4, 0.5) is 5.69 Å². The van der Waals surface area contributed by atoms with Gasteiger partial charge in [-0.05, 0) is 48.0 Å². The molecular weight excluding hydrogens is 226 g/mol. The van der Waals surface area contributed by atoms with Crippen molar-refractivity contribution in [3.05, 3.63) is 40.5 Å². The van der Waals surface area contributed by atoms with Crippen molar-refractivity contribution in [2.45, 2.75) is 38.4 Å². The van der Waals surface area contributed by atoms with Crippen molar-refractivity contribution >= 4 is 5.69 Å². The van der Waals surface area contributed by atoms with Gasteiger partial charge in [-0.3, -0.25) is 0 Å². The Kier molecular flexibility index (Phi) is 2.68. The highest BCUT2D eigenvalue weighted by atomic mass is 16.3. The molecule has 3 rings (SSSR count). The number of aliphatic hydroxyl groups is 2. The molecule has 0 fully saturated rings. The molecule has 2 aliphatic rings. The molecule has 0 aromatic heterocycles. The Morgan fingerprint density at radius 2 is 2.00 bits per heavy atom. The molecule has 0 unspecified atom stereocenters. The van der Waals surface area contributed by atoms with Crippen molar-refractivity contribution in [1.29, 1.82) is 0 Å². The smallest absolute Gasteiger partial charge is 0.103 e. The number of fused-ring (bicyclic) bond motifs is 1. The summed E-state index contributed by atoms with van der Waals surface area (Å²) in [5, 5.41) is 21.1. The fraction of sp³-hybridized carbons (Fsp3) is 0.467. The molecule has 0 radical (unpaired) electrons. The van der Waals surface area contributed by atoms with Crippen LogP contribution in [-0.4, -0.2) is 10.2 Å². The van der Waals surface area contributed by atoms with Crippen molar-refractivity contribution < 1.29 is 10.2 Å². The highest BCUT2D eigenvalue weighted by Crippen LogP contribution is 2.49. The van der Waals surface area contributed by atoms with E-state index in [4.69, 9.17) is 5.73 Å². The van der Waals surface area contributed by atoms with E-state index in [9.17, 15) is 10.2 Å². The number of anilines is 1. The van der Waals surface area contributed by atoms with Crippen molar-refractivity contribution in [3.63, 3.8) is 0 Å². The fourth-order valence-corrected chi connectivity index (χ4v) is 3.45. The van der Waals surface area contributed by atoms with Crippen LogP contribution in [0, 0.1) is 5.92 Å². The van der Waals surface area contributed by atoms with E-state index < -0.39 is 12.2 Å². The summed E-state index contributed by atoms with van der Waals surface area (Å²) < 4.78 is 0. The minimum absolute atomic E-state index is 0.341. The zero-order valence-corrected chi connectivity index (χ0v) is 10.6. The number of hydrogen-bond donors (Lipinski definition) is 3. The Morgan fingerprint density at radius 1 is 1.22 bits per heavy atom. The standard InChI is InChI=1S/C15H19NO2/c1-8-4-2-5-9-12(8)14(17)10-6-3-7-11(16)13(10)15(9)18/h3,6-8,14-15,17-18H,2,4-5,16H2,1H3/t8-,14-,15-/m1/s1. The van der Waals surface area contributed by atoms with Gasteiger partial charge in [0.15, 0.2) is 0 Å². The van der Waals surface area contributed by atoms with E-state index in [2.05, 4.69) is 6.92 Å². The van der Waals surface area contributed by atoms with Crippen LogP contribution in [-0.2, 0) is 0 Å². The largest absolute Gasteiger partial charge is 0.398 e. The third-order valence-corrected chi connectivity index (χ3v) is 4.35. The van der Waals surface area contributed by atoms with Crippen LogP contribution in [0.5, 0.6) is 0 Å². The van der Waals surface area contributed by atoms with Gasteiger partial charge in [-0.1, -0.05) is 19.1 Å². The molecule has 0 amide bonds. The van der Waals surface area contributed by atoms with Crippen molar-refractivity contribution in [3.8, 4) is 0 Å². The van der Waals surface area contributed by atoms with Crippen LogP contribution >= 0.6 is 0 Å². The van der Waals surface area contributed by atoms with E-state index in [0.29, 0.717) is 17.2 Å². The zero-order chi connectivity index (χ0) is 12.9. The Hall–Kier alpha value is -1.32. The summed E-state index contributed by atoms with van der Waals surface area (Å²) >= 11 is 0. The Balaban J connectivity index is 2.20. The summed E-state index contributed by atoms with van der Waals surface area (Å²) in [6.07, 6.45) is 1.79. The second-order valence-corrected chi connectivity index (χ2v) is 5.43. The lowest BCUT2D eigenvalue weighted by molar-refractivity contribution is 0.148. The average Bonchev–Trinajstić information content (AvgIpc) is 2.35. The molecule has 0 bridgehead atoms. The van der Waals surface area contributed by atoms with E-state index in [1.165, 1.54) is 0 Å². The predicted molar refractivity (Wildman–Crippen MR) is 70.8 cm³/mol. The van der Waals surface area contributed by atoms with Gasteiger partial charge < -0.3 is 15.9 Å². The van der Waals surface area contributed by atoms with E-state index in [0.717, 1.165) is 36.0 Å². The van der Waals surface area contributed by atoms with Crippen LogP contribution in [0.15, 0.2) is 29.3 Å². The van der Waals surface area contributed by atoms with Crippen molar-refractivity contribution in [2.75, 3.05) is 5.73 Å². The second kappa shape index (κ2) is 4.11. The minimum Gasteiger partial charge on any atom is -0.398 e. The fourth-order valence-electron chi connectivity index (χ4n) is 3.45. The summed E-state index contributed by atoms with van der Waals surface area (Å²) in [4.78, 5) is 0. The number of nitrogen functional groups attached to an aromatic ring is 1. The van der Waals surface area contributed by atoms with E-state index >= 15 is 0 Å². The number of rotatable bonds is 0. The first kappa shape index (κ1) is 11.8. The van der Waals surface area contributed by atoms with Gasteiger partial charge in [0.1, 0.15) is 12.2 Å². The molecule has 0 aliphatic heterocycles. The average molecular weight is 245 g/mol. The van der Waals surface area contributed by atoms with Gasteiger partial charge in [0.05, 0.1) is 0 Å². The van der Waals surface area contributed by atoms with Crippen LogP contribution in [0.3, 0.4) is 0 Å². The van der Waals surface area contributed by atoms with Crippen LogP contribution in [0.2, 0.25) is 0 Å². The van der Waals surface area contributed by atoms with E-state index in [1.54, 1.807) is 6.07 Å². The number of benzene rings is 1. The van der Waals surface area contributed by atoms with Gasteiger partial charge in [0.2, 0.25) is 0 Å². The normalized spacial score (nSPS) is 30.9. The zero-order valence-electron chi connectivity index (χ0n) is 10.6. The molecule has 4 N–H and O–H groups in total. The first-order valence-corrected chi connectivity index (χ1v) is 6.58. The van der Waals surface area contributed by atoms with Crippen LogP contribution < -0.4 is 5.73 Å². The molecule has 0 spiro atoms. The molecule has 3 atom stereocenters. The molecule has 2 aliphatic carbocycles. The summed E-state index contributed by atoms with van der Waals surface area (Å²) in [5.74, 6) is 0.341. The quantitative estimate of drug-likeness (QED) is 0.486. The maximum atomic E-state index is 10.5. The summed E-state index contributed by atoms with van der Waals surface area (Å²) in [5.41, 5.74) is 10.0. The molecule has 0 saturated heterocycles. The van der Waals surface area contributed by atoms with Crippen LogP contribution in [0.25, 0.3) is 0 Å². The number of nitrogens with two attached hydrogens (primary N) is 1. The summed E-state index contributed by atoms with van der Waals surface area (Å²) in [6.45, 7) is 2.13. The molecule has 0 saturated carbocycles. The summed E-state index contributed by atoms with van der Waals surface area (Å²) in [7, 11) is 0. The maximum Gasteiger partial charge on any atom is 0.103 e. The monoisotopic (exact) mass is 245 g/mol. The molecule has 1 aromatic carbocycles. The molecule has 18 heavy (non-hydrogen) atoms. The molecule has 3 nitrogen and oxygen atoms in total. The lowest BCUT2D eigenvalue weighted by Gasteiger charge is -2.38. The maximum absolute atomic E-state index is 10.5. The van der Waals surface area contributed by atoms with Gasteiger partial charge in [-0.2, -0.15) is 0 Å². The van der Waals surface area contributed by atoms with E-state index in [1.807, 2.05) is 12.1 Å². The van der Waals surface area contributed by atoms with Gasteiger partial charge in [-0.15, -0.1) is 0 Å². The first-order valence-electron chi connectivity index (χ1n) is 6.58. The molecule has 3 heteroatoms. The third kappa shape index (κ3) is 1.51. The topological polar surface area (TPSA) is 66.5 Å². The highest BCUT2D eigenvalue weighted by Gasteiger charge is 2.37. The van der Waals surface area contributed by atoms with E-state index in [-0.39, 0.29) is 0 Å². The molecule has 1 aromatic rings. The second-order valence-electron chi connectivity index (χ2n) is 5.43. The lowest BCUT2D eigenvalue weighted by Crippen LogP contribution is -2.26. The molecule has 96 valence electrons. The Bertz CT molecular complexity index is 521. The van der Waals surface area contributed by atoms with Crippen molar-refractivity contribution in [1.82, 2.24) is 0 Å². The first-order chi connectivity index (χ1) is 8.61. The predicted octanol–water partition coefficient (Wildman–Crippen LogP) is 2.47. The van der Waals surface area contributed by atoms with Gasteiger partial charge in [0.25, 0.3) is 0 Å².